The van der Waals surface area contributed by atoms with Gasteiger partial charge in [-0.2, -0.15) is 0 Å². The van der Waals surface area contributed by atoms with Crippen LogP contribution in [0, 0.1) is 17.3 Å². The quantitative estimate of drug-likeness (QED) is 0.611. The van der Waals surface area contributed by atoms with Gasteiger partial charge in [-0.1, -0.05) is 19.8 Å². The molecule has 0 aromatic rings. The number of rotatable bonds is 1. The smallest absolute Gasteiger partial charge is 0.154 e. The minimum atomic E-state index is -1.08. The molecule has 3 unspecified atom stereocenters. The fourth-order valence-corrected chi connectivity index (χ4v) is 3.48. The Hall–Kier alpha value is -0.0800. The Labute approximate surface area is 80.0 Å². The first-order valence-corrected chi connectivity index (χ1v) is 5.45. The van der Waals surface area contributed by atoms with Crippen molar-refractivity contribution in [2.45, 2.75) is 51.7 Å². The Morgan fingerprint density at radius 1 is 1.31 bits per heavy atom. The highest BCUT2D eigenvalue weighted by Gasteiger charge is 2.41. The lowest BCUT2D eigenvalue weighted by Crippen LogP contribution is -2.38. The van der Waals surface area contributed by atoms with Crippen LogP contribution in [0.4, 0.5) is 0 Å². The molecule has 2 bridgehead atoms. The molecule has 0 spiro atoms. The summed E-state index contributed by atoms with van der Waals surface area (Å²) in [6, 6.07) is 0. The molecular weight excluding hydrogens is 164 g/mol. The van der Waals surface area contributed by atoms with E-state index in [1.807, 2.05) is 0 Å². The zero-order chi connectivity index (χ0) is 9.47. The first-order chi connectivity index (χ1) is 6.09. The summed E-state index contributed by atoms with van der Waals surface area (Å²) in [4.78, 5) is 0. The zero-order valence-electron chi connectivity index (χ0n) is 8.37. The molecule has 0 radical (unpaired) electrons. The van der Waals surface area contributed by atoms with Crippen molar-refractivity contribution in [3.05, 3.63) is 0 Å². The van der Waals surface area contributed by atoms with Gasteiger partial charge in [0.2, 0.25) is 0 Å². The molecule has 2 heteroatoms. The number of aliphatic hydroxyl groups excluding tert-OH is 1. The molecule has 0 aliphatic heterocycles. The molecule has 0 aromatic heterocycles. The highest BCUT2D eigenvalue weighted by molar-refractivity contribution is 4.91. The number of hydrogen-bond acceptors (Lipinski definition) is 2. The van der Waals surface area contributed by atoms with Crippen molar-refractivity contribution in [3.63, 3.8) is 0 Å². The fourth-order valence-electron chi connectivity index (χ4n) is 3.48. The second-order valence-corrected chi connectivity index (χ2v) is 5.39. The summed E-state index contributed by atoms with van der Waals surface area (Å²) in [6.07, 6.45) is 6.21. The third-order valence-electron chi connectivity index (χ3n) is 3.99. The van der Waals surface area contributed by atoms with Gasteiger partial charge in [0.1, 0.15) is 0 Å². The SMILES string of the molecule is CC12CCCC(CC(C(O)O)C1)C2. The van der Waals surface area contributed by atoms with Crippen molar-refractivity contribution in [2.24, 2.45) is 17.3 Å². The molecule has 2 saturated carbocycles. The third-order valence-corrected chi connectivity index (χ3v) is 3.99. The maximum absolute atomic E-state index is 9.20. The van der Waals surface area contributed by atoms with E-state index < -0.39 is 6.29 Å². The van der Waals surface area contributed by atoms with Crippen molar-refractivity contribution in [2.75, 3.05) is 0 Å². The van der Waals surface area contributed by atoms with Crippen LogP contribution in [-0.4, -0.2) is 16.5 Å². The second kappa shape index (κ2) is 3.25. The standard InChI is InChI=1S/C11H20O2/c1-11-4-2-3-8(6-11)5-9(7-11)10(12)13/h8-10,12-13H,2-7H2,1H3. The lowest BCUT2D eigenvalue weighted by Gasteiger charge is -2.46. The van der Waals surface area contributed by atoms with E-state index in [1.165, 1.54) is 25.7 Å². The van der Waals surface area contributed by atoms with Crippen molar-refractivity contribution >= 4 is 0 Å². The average molecular weight is 184 g/mol. The molecule has 0 heterocycles. The summed E-state index contributed by atoms with van der Waals surface area (Å²) in [5, 5.41) is 18.4. The molecule has 2 aliphatic carbocycles. The molecule has 0 saturated heterocycles. The van der Waals surface area contributed by atoms with Crippen molar-refractivity contribution in [1.29, 1.82) is 0 Å². The highest BCUT2D eigenvalue weighted by atomic mass is 16.5. The van der Waals surface area contributed by atoms with E-state index in [-0.39, 0.29) is 5.92 Å². The van der Waals surface area contributed by atoms with Crippen molar-refractivity contribution < 1.29 is 10.2 Å². The summed E-state index contributed by atoms with van der Waals surface area (Å²) >= 11 is 0. The molecule has 76 valence electrons. The molecule has 2 nitrogen and oxygen atoms in total. The summed E-state index contributed by atoms with van der Waals surface area (Å²) in [5.41, 5.74) is 0.412. The largest absolute Gasteiger partial charge is 0.368 e. The Morgan fingerprint density at radius 2 is 2.08 bits per heavy atom. The first-order valence-electron chi connectivity index (χ1n) is 5.45. The van der Waals surface area contributed by atoms with Crippen LogP contribution in [0.3, 0.4) is 0 Å². The van der Waals surface area contributed by atoms with Gasteiger partial charge in [-0.15, -0.1) is 0 Å². The average Bonchev–Trinajstić information content (AvgIpc) is 2.01. The maximum Gasteiger partial charge on any atom is 0.154 e. The number of aliphatic hydroxyl groups is 2. The van der Waals surface area contributed by atoms with Crippen LogP contribution >= 0.6 is 0 Å². The maximum atomic E-state index is 9.20. The van der Waals surface area contributed by atoms with Gasteiger partial charge in [0.15, 0.2) is 6.29 Å². The van der Waals surface area contributed by atoms with E-state index in [1.54, 1.807) is 0 Å². The number of fused-ring (bicyclic) bond motifs is 2. The Morgan fingerprint density at radius 3 is 2.69 bits per heavy atom. The first kappa shape index (κ1) is 9.47. The molecule has 2 fully saturated rings. The summed E-state index contributed by atoms with van der Waals surface area (Å²) < 4.78 is 0. The Bertz CT molecular complexity index is 191. The van der Waals surface area contributed by atoms with E-state index in [2.05, 4.69) is 6.92 Å². The van der Waals surface area contributed by atoms with Gasteiger partial charge in [0, 0.05) is 5.92 Å². The Balaban J connectivity index is 2.06. The fraction of sp³-hybridized carbons (Fsp3) is 1.00. The zero-order valence-corrected chi connectivity index (χ0v) is 8.37. The normalized spacial score (nSPS) is 45.2. The van der Waals surface area contributed by atoms with Gasteiger partial charge in [-0.05, 0) is 37.0 Å². The molecule has 2 aliphatic rings. The van der Waals surface area contributed by atoms with Crippen molar-refractivity contribution in [1.82, 2.24) is 0 Å². The van der Waals surface area contributed by atoms with Crippen LogP contribution in [0.25, 0.3) is 0 Å². The van der Waals surface area contributed by atoms with Crippen LogP contribution in [-0.2, 0) is 0 Å². The van der Waals surface area contributed by atoms with Gasteiger partial charge >= 0.3 is 0 Å². The summed E-state index contributed by atoms with van der Waals surface area (Å²) in [5.74, 6) is 0.906. The van der Waals surface area contributed by atoms with Gasteiger partial charge < -0.3 is 10.2 Å². The molecule has 2 rings (SSSR count). The summed E-state index contributed by atoms with van der Waals surface area (Å²) in [6.45, 7) is 2.31. The van der Waals surface area contributed by atoms with Crippen LogP contribution in [0.2, 0.25) is 0 Å². The molecule has 3 atom stereocenters. The Kier molecular flexibility index (Phi) is 2.37. The minimum Gasteiger partial charge on any atom is -0.368 e. The molecule has 2 N–H and O–H groups in total. The molecule has 0 amide bonds. The van der Waals surface area contributed by atoms with Gasteiger partial charge in [0.25, 0.3) is 0 Å². The molecule has 0 aromatic carbocycles. The van der Waals surface area contributed by atoms with E-state index >= 15 is 0 Å². The lowest BCUT2D eigenvalue weighted by atomic mass is 9.60. The van der Waals surface area contributed by atoms with Gasteiger partial charge in [0.05, 0.1) is 0 Å². The van der Waals surface area contributed by atoms with Gasteiger partial charge in [-0.25, -0.2) is 0 Å². The van der Waals surface area contributed by atoms with Crippen LogP contribution in [0.5, 0.6) is 0 Å². The third kappa shape index (κ3) is 1.89. The highest BCUT2D eigenvalue weighted by Crippen LogP contribution is 2.51. The van der Waals surface area contributed by atoms with Crippen LogP contribution < -0.4 is 0 Å². The second-order valence-electron chi connectivity index (χ2n) is 5.39. The van der Waals surface area contributed by atoms with Crippen LogP contribution in [0.15, 0.2) is 0 Å². The molecule has 13 heavy (non-hydrogen) atoms. The lowest BCUT2D eigenvalue weighted by molar-refractivity contribution is -0.121. The monoisotopic (exact) mass is 184 g/mol. The topological polar surface area (TPSA) is 40.5 Å². The minimum absolute atomic E-state index is 0.143. The molecular formula is C11H20O2. The predicted octanol–water partition coefficient (Wildman–Crippen LogP) is 1.90. The van der Waals surface area contributed by atoms with Gasteiger partial charge in [-0.3, -0.25) is 0 Å². The predicted molar refractivity (Wildman–Crippen MR) is 51.0 cm³/mol. The van der Waals surface area contributed by atoms with Crippen molar-refractivity contribution in [3.8, 4) is 0 Å². The summed E-state index contributed by atoms with van der Waals surface area (Å²) in [7, 11) is 0. The van der Waals surface area contributed by atoms with E-state index in [0.717, 1.165) is 18.8 Å². The van der Waals surface area contributed by atoms with E-state index in [9.17, 15) is 10.2 Å². The van der Waals surface area contributed by atoms with E-state index in [4.69, 9.17) is 0 Å². The number of hydrogen-bond donors (Lipinski definition) is 2. The van der Waals surface area contributed by atoms with Crippen LogP contribution in [0.1, 0.15) is 45.4 Å². The van der Waals surface area contributed by atoms with E-state index in [0.29, 0.717) is 5.41 Å².